The molecule has 1 aliphatic rings. The first-order valence-corrected chi connectivity index (χ1v) is 5.94. The fourth-order valence-corrected chi connectivity index (χ4v) is 2.10. The Morgan fingerprint density at radius 1 is 1.53 bits per heavy atom. The summed E-state index contributed by atoms with van der Waals surface area (Å²) in [6.45, 7) is 5.37. The van der Waals surface area contributed by atoms with Gasteiger partial charge in [-0.2, -0.15) is 0 Å². The Bertz CT molecular complexity index is 318. The van der Waals surface area contributed by atoms with Gasteiger partial charge in [-0.3, -0.25) is 4.98 Å². The van der Waals surface area contributed by atoms with E-state index in [4.69, 9.17) is 0 Å². The van der Waals surface area contributed by atoms with E-state index < -0.39 is 0 Å². The second-order valence-corrected chi connectivity index (χ2v) is 4.53. The van der Waals surface area contributed by atoms with Gasteiger partial charge in [-0.15, -0.1) is 0 Å². The molecular formula is C13H20N2. The zero-order valence-electron chi connectivity index (χ0n) is 9.66. The van der Waals surface area contributed by atoms with Gasteiger partial charge in [0.05, 0.1) is 0 Å². The maximum atomic E-state index is 4.43. The SMILES string of the molecule is CCNC(Cc1cc(C)ccn1)C1CC1. The van der Waals surface area contributed by atoms with Gasteiger partial charge in [0.15, 0.2) is 0 Å². The Balaban J connectivity index is 1.98. The number of nitrogens with zero attached hydrogens (tertiary/aromatic N) is 1. The molecule has 1 heterocycles. The molecular weight excluding hydrogens is 184 g/mol. The molecule has 0 bridgehead atoms. The van der Waals surface area contributed by atoms with Crippen LogP contribution in [0.15, 0.2) is 18.3 Å². The molecule has 1 atom stereocenters. The molecule has 0 saturated heterocycles. The van der Waals surface area contributed by atoms with Gasteiger partial charge in [-0.1, -0.05) is 6.92 Å². The molecule has 1 fully saturated rings. The summed E-state index contributed by atoms with van der Waals surface area (Å²) < 4.78 is 0. The van der Waals surface area contributed by atoms with Crippen LogP contribution in [-0.2, 0) is 6.42 Å². The van der Waals surface area contributed by atoms with Gasteiger partial charge in [0.2, 0.25) is 0 Å². The Morgan fingerprint density at radius 3 is 2.93 bits per heavy atom. The first kappa shape index (κ1) is 10.6. The van der Waals surface area contributed by atoms with Crippen LogP contribution in [0.4, 0.5) is 0 Å². The Morgan fingerprint density at radius 2 is 2.33 bits per heavy atom. The third-order valence-corrected chi connectivity index (χ3v) is 3.06. The minimum absolute atomic E-state index is 0.643. The predicted molar refractivity (Wildman–Crippen MR) is 62.9 cm³/mol. The van der Waals surface area contributed by atoms with Crippen LogP contribution in [0.5, 0.6) is 0 Å². The summed E-state index contributed by atoms with van der Waals surface area (Å²) in [6, 6.07) is 4.90. The van der Waals surface area contributed by atoms with Crippen molar-refractivity contribution in [2.45, 2.75) is 39.2 Å². The van der Waals surface area contributed by atoms with Crippen LogP contribution in [-0.4, -0.2) is 17.6 Å². The highest BCUT2D eigenvalue weighted by molar-refractivity contribution is 5.15. The van der Waals surface area contributed by atoms with Gasteiger partial charge in [0, 0.05) is 24.4 Å². The van der Waals surface area contributed by atoms with Crippen molar-refractivity contribution in [2.75, 3.05) is 6.54 Å². The van der Waals surface area contributed by atoms with E-state index in [1.165, 1.54) is 24.1 Å². The van der Waals surface area contributed by atoms with Crippen molar-refractivity contribution in [2.24, 2.45) is 5.92 Å². The number of hydrogen-bond acceptors (Lipinski definition) is 2. The lowest BCUT2D eigenvalue weighted by Crippen LogP contribution is -2.33. The van der Waals surface area contributed by atoms with Gasteiger partial charge >= 0.3 is 0 Å². The lowest BCUT2D eigenvalue weighted by Gasteiger charge is -2.16. The van der Waals surface area contributed by atoms with Gasteiger partial charge in [0.25, 0.3) is 0 Å². The lowest BCUT2D eigenvalue weighted by atomic mass is 10.1. The Labute approximate surface area is 92.1 Å². The van der Waals surface area contributed by atoms with Gasteiger partial charge in [-0.25, -0.2) is 0 Å². The largest absolute Gasteiger partial charge is 0.314 e. The summed E-state index contributed by atoms with van der Waals surface area (Å²) in [4.78, 5) is 4.43. The average molecular weight is 204 g/mol. The molecule has 0 amide bonds. The number of hydrogen-bond donors (Lipinski definition) is 1. The van der Waals surface area contributed by atoms with Crippen molar-refractivity contribution in [3.05, 3.63) is 29.6 Å². The number of rotatable bonds is 5. The summed E-state index contributed by atoms with van der Waals surface area (Å²) in [5.74, 6) is 0.896. The molecule has 1 aromatic heterocycles. The topological polar surface area (TPSA) is 24.9 Å². The van der Waals surface area contributed by atoms with Gasteiger partial charge in [-0.05, 0) is 49.9 Å². The molecule has 2 rings (SSSR count). The second-order valence-electron chi connectivity index (χ2n) is 4.53. The van der Waals surface area contributed by atoms with E-state index in [9.17, 15) is 0 Å². The monoisotopic (exact) mass is 204 g/mol. The van der Waals surface area contributed by atoms with Crippen molar-refractivity contribution < 1.29 is 0 Å². The molecule has 0 spiro atoms. The number of aryl methyl sites for hydroxylation is 1. The molecule has 1 aromatic rings. The molecule has 2 nitrogen and oxygen atoms in total. The number of nitrogens with one attached hydrogen (secondary N) is 1. The highest BCUT2D eigenvalue weighted by atomic mass is 14.9. The summed E-state index contributed by atoms with van der Waals surface area (Å²) >= 11 is 0. The van der Waals surface area contributed by atoms with Crippen LogP contribution in [0, 0.1) is 12.8 Å². The minimum Gasteiger partial charge on any atom is -0.314 e. The quantitative estimate of drug-likeness (QED) is 0.796. The van der Waals surface area contributed by atoms with Gasteiger partial charge in [0.1, 0.15) is 0 Å². The van der Waals surface area contributed by atoms with Crippen molar-refractivity contribution in [1.82, 2.24) is 10.3 Å². The molecule has 0 radical (unpaired) electrons. The van der Waals surface area contributed by atoms with Crippen molar-refractivity contribution in [3.63, 3.8) is 0 Å². The molecule has 82 valence electrons. The van der Waals surface area contributed by atoms with Crippen LogP contribution in [0.2, 0.25) is 0 Å². The van der Waals surface area contributed by atoms with E-state index in [2.05, 4.69) is 36.3 Å². The summed E-state index contributed by atoms with van der Waals surface area (Å²) in [6.07, 6.45) is 5.79. The maximum absolute atomic E-state index is 4.43. The van der Waals surface area contributed by atoms with E-state index in [0.717, 1.165) is 18.9 Å². The first-order chi connectivity index (χ1) is 7.29. The van der Waals surface area contributed by atoms with Crippen LogP contribution >= 0.6 is 0 Å². The molecule has 0 aliphatic heterocycles. The second kappa shape index (κ2) is 4.75. The molecule has 15 heavy (non-hydrogen) atoms. The van der Waals surface area contributed by atoms with E-state index in [1.807, 2.05) is 6.20 Å². The lowest BCUT2D eigenvalue weighted by molar-refractivity contribution is 0.468. The van der Waals surface area contributed by atoms with Crippen LogP contribution in [0.1, 0.15) is 31.0 Å². The van der Waals surface area contributed by atoms with Crippen molar-refractivity contribution >= 4 is 0 Å². The highest BCUT2D eigenvalue weighted by Gasteiger charge is 2.30. The van der Waals surface area contributed by atoms with E-state index in [0.29, 0.717) is 6.04 Å². The number of pyridine rings is 1. The molecule has 1 aliphatic carbocycles. The third-order valence-electron chi connectivity index (χ3n) is 3.06. The van der Waals surface area contributed by atoms with Crippen LogP contribution < -0.4 is 5.32 Å². The van der Waals surface area contributed by atoms with Crippen LogP contribution in [0.25, 0.3) is 0 Å². The standard InChI is InChI=1S/C13H20N2/c1-3-14-13(11-4-5-11)9-12-8-10(2)6-7-15-12/h6-8,11,13-14H,3-5,9H2,1-2H3. The van der Waals surface area contributed by atoms with E-state index in [1.54, 1.807) is 0 Å². The normalized spacial score (nSPS) is 17.7. The van der Waals surface area contributed by atoms with Gasteiger partial charge < -0.3 is 5.32 Å². The average Bonchev–Trinajstić information content (AvgIpc) is 3.00. The Kier molecular flexibility index (Phi) is 3.37. The fourth-order valence-electron chi connectivity index (χ4n) is 2.10. The summed E-state index contributed by atoms with van der Waals surface area (Å²) in [5.41, 5.74) is 2.54. The maximum Gasteiger partial charge on any atom is 0.0421 e. The van der Waals surface area contributed by atoms with Crippen LogP contribution in [0.3, 0.4) is 0 Å². The minimum atomic E-state index is 0.643. The summed E-state index contributed by atoms with van der Waals surface area (Å²) in [7, 11) is 0. The fraction of sp³-hybridized carbons (Fsp3) is 0.615. The van der Waals surface area contributed by atoms with E-state index in [-0.39, 0.29) is 0 Å². The molecule has 2 heteroatoms. The van der Waals surface area contributed by atoms with Crippen molar-refractivity contribution in [3.8, 4) is 0 Å². The molecule has 1 N–H and O–H groups in total. The van der Waals surface area contributed by atoms with E-state index >= 15 is 0 Å². The zero-order valence-corrected chi connectivity index (χ0v) is 9.66. The number of aromatic nitrogens is 1. The Hall–Kier alpha value is -0.890. The third kappa shape index (κ3) is 3.03. The smallest absolute Gasteiger partial charge is 0.0421 e. The molecule has 0 aromatic carbocycles. The number of likely N-dealkylation sites (N-methyl/N-ethyl adjacent to an activating group) is 1. The predicted octanol–water partition coefficient (Wildman–Crippen LogP) is 2.32. The van der Waals surface area contributed by atoms with Crippen molar-refractivity contribution in [1.29, 1.82) is 0 Å². The molecule has 1 saturated carbocycles. The first-order valence-electron chi connectivity index (χ1n) is 5.94. The zero-order chi connectivity index (χ0) is 10.7. The summed E-state index contributed by atoms with van der Waals surface area (Å²) in [5, 5.41) is 3.57. The molecule has 1 unspecified atom stereocenters. The highest BCUT2D eigenvalue weighted by Crippen LogP contribution is 2.33.